The number of aromatic nitrogens is 10. The Balaban J connectivity index is 0.000000155. The highest BCUT2D eigenvalue weighted by Crippen LogP contribution is 2.40. The lowest BCUT2D eigenvalue weighted by atomic mass is 9.97. The van der Waals surface area contributed by atoms with Crippen LogP contribution in [-0.2, 0) is 11.2 Å². The van der Waals surface area contributed by atoms with Gasteiger partial charge < -0.3 is 49.5 Å². The highest BCUT2D eigenvalue weighted by atomic mass is 16.6. The highest BCUT2D eigenvalue weighted by Gasteiger charge is 2.37. The van der Waals surface area contributed by atoms with Gasteiger partial charge in [0.25, 0.3) is 0 Å². The predicted molar refractivity (Wildman–Crippen MR) is 504 cm³/mol. The van der Waals surface area contributed by atoms with Crippen LogP contribution in [0, 0.1) is 13.8 Å². The maximum absolute atomic E-state index is 12.9. The molecule has 27 heteroatoms. The topological polar surface area (TPSA) is 291 Å². The first kappa shape index (κ1) is 95.8. The molecule has 27 nitrogen and oxygen atoms in total. The molecule has 3 unspecified atom stereocenters. The van der Waals surface area contributed by atoms with Crippen molar-refractivity contribution in [3.05, 3.63) is 256 Å². The van der Waals surface area contributed by atoms with Gasteiger partial charge in [-0.05, 0) is 266 Å². The summed E-state index contributed by atoms with van der Waals surface area (Å²) in [5, 5.41) is 54.9. The molecule has 0 spiro atoms. The lowest BCUT2D eigenvalue weighted by Crippen LogP contribution is -2.36. The Bertz CT molecular complexity index is 5430. The average molecular weight is 1740 g/mol. The van der Waals surface area contributed by atoms with E-state index in [2.05, 4.69) is 164 Å². The number of phenols is 3. The molecule has 678 valence electrons. The number of phenolic OH excluding ortho intramolecular Hbond substituents is 3. The third-order valence-corrected chi connectivity index (χ3v) is 24.1. The number of nitrogens with one attached hydrogen (secondary N) is 1. The number of hydrogen-bond acceptors (Lipinski definition) is 18. The zero-order valence-electron chi connectivity index (χ0n) is 76.8. The van der Waals surface area contributed by atoms with Crippen LogP contribution < -0.4 is 19.5 Å². The number of ether oxygens (including phenoxy) is 3. The zero-order chi connectivity index (χ0) is 92.0. The van der Waals surface area contributed by atoms with Gasteiger partial charge in [0.1, 0.15) is 47.7 Å². The fraction of sp³-hybridized carbons (Fsp3) is 0.406. The Morgan fingerprint density at radius 3 is 1.41 bits per heavy atom. The van der Waals surface area contributed by atoms with E-state index in [9.17, 15) is 39.3 Å². The number of nitrogens with zero attached hydrogens (tertiary/aromatic N) is 15. The van der Waals surface area contributed by atoms with Gasteiger partial charge in [0.15, 0.2) is 12.6 Å². The maximum atomic E-state index is 12.9. The Hall–Kier alpha value is -12.9. The summed E-state index contributed by atoms with van der Waals surface area (Å²) in [4.78, 5) is 70.7. The van der Waals surface area contributed by atoms with Crippen LogP contribution in [0.15, 0.2) is 183 Å². The smallest absolute Gasteiger partial charge is 0.415 e. The van der Waals surface area contributed by atoms with Crippen molar-refractivity contribution >= 4 is 65.7 Å². The standard InChI is InChI=1S/C22H27N3O3.C21H27N3O2.C20H27N3O.C19H24N4O2.C19H23N3O3/c1-15(2)25-21(8-10-23-25)19-12-24(17(4)27)11-9-18(19)14-28-22-7-5-6-16(3)20(22)13-26;1-15(2)24-20(8-10-22-24)18-12-23(4)11-9-17(18)14-26-21-7-5-6-16(3)19(21)13-25;1-4-17-16(7-5-9-20(17)24)11-14-22-13-6-8-18(22)19-10-12-21-23(19)15(2)3;1-4-14-15(7-5-9-18(14)24)21-19(25)22-12-6-8-16(22)17-10-11-20-23(17)13(2)3;1-4-14-17(23)8-5-9-18(14)25-19(24)21-12-6-7-15(21)16-10-11-20-22(16)13(2)3/h5-8,10,13,15H,9,11-12,14H2,1-4H3;5-8,10,13,15H,9,11-12,14H2,1-4H3;4-5,7,9-10,12,15,18,24H,1,6,8,11,13-14H2,2-3H3;4-5,7,9-11,13,16,24H,1,6,8,12H2,2-3H3,(H,21,25);4-5,8-11,13,15,23H,1,6-7,12H2,2-3H3. The lowest BCUT2D eigenvalue weighted by molar-refractivity contribution is -0.128. The van der Waals surface area contributed by atoms with Crippen LogP contribution in [-0.4, -0.2) is 192 Å². The molecule has 128 heavy (non-hydrogen) atoms. The Morgan fingerprint density at radius 1 is 0.477 bits per heavy atom. The largest absolute Gasteiger partial charge is 0.507 e. The second-order valence-electron chi connectivity index (χ2n) is 34.4. The average Bonchev–Trinajstić information content (AvgIpc) is 1.61. The van der Waals surface area contributed by atoms with Gasteiger partial charge in [-0.15, -0.1) is 0 Å². The van der Waals surface area contributed by atoms with Gasteiger partial charge in [-0.2, -0.15) is 25.5 Å². The summed E-state index contributed by atoms with van der Waals surface area (Å²) in [6.45, 7) is 45.2. The molecule has 0 radical (unpaired) electrons. The van der Waals surface area contributed by atoms with E-state index >= 15 is 0 Å². The van der Waals surface area contributed by atoms with Gasteiger partial charge in [-0.3, -0.25) is 47.6 Å². The SMILES string of the molecule is C=Cc1c(O)cccc1CCN1CCCC1c1ccnn1C(C)C.C=Cc1c(O)cccc1NC(=O)N1CCCC1c1ccnn1C(C)C.C=Cc1c(O)cccc1OC(=O)N1CCCC1c1ccnn1C(C)C.CC(=O)N1CCC(COc2cccc(C)c2C=O)=C(c2ccnn2C(C)C)C1.Cc1cccc(OCC2=C(c3ccnn3C(C)C)CN(C)CC2)c1C=O. The van der Waals surface area contributed by atoms with Crippen molar-refractivity contribution in [1.82, 2.24) is 73.4 Å². The fourth-order valence-electron chi connectivity index (χ4n) is 17.4. The quantitative estimate of drug-likeness (QED) is 0.0366. The molecule has 4 amide bonds. The molecule has 5 aromatic carbocycles. The van der Waals surface area contributed by atoms with E-state index in [1.165, 1.54) is 41.8 Å². The van der Waals surface area contributed by atoms with Crippen molar-refractivity contribution in [2.45, 2.75) is 196 Å². The second-order valence-corrected chi connectivity index (χ2v) is 34.4. The number of benzene rings is 5. The van der Waals surface area contributed by atoms with E-state index < -0.39 is 6.09 Å². The third kappa shape index (κ3) is 23.1. The maximum Gasteiger partial charge on any atom is 0.415 e. The van der Waals surface area contributed by atoms with Crippen molar-refractivity contribution in [3.63, 3.8) is 0 Å². The molecule has 0 bridgehead atoms. The molecule has 0 saturated carbocycles. The van der Waals surface area contributed by atoms with Gasteiger partial charge in [-0.25, -0.2) is 9.59 Å². The first-order valence-corrected chi connectivity index (χ1v) is 44.6. The van der Waals surface area contributed by atoms with E-state index in [4.69, 9.17) is 14.2 Å². The number of rotatable bonds is 26. The summed E-state index contributed by atoms with van der Waals surface area (Å²) >= 11 is 0. The summed E-state index contributed by atoms with van der Waals surface area (Å²) < 4.78 is 27.8. The number of hydrogen-bond donors (Lipinski definition) is 4. The van der Waals surface area contributed by atoms with E-state index in [0.29, 0.717) is 108 Å². The van der Waals surface area contributed by atoms with E-state index in [-0.39, 0.29) is 53.6 Å². The van der Waals surface area contributed by atoms with E-state index in [0.717, 1.165) is 140 Å². The van der Waals surface area contributed by atoms with Gasteiger partial charge in [0.05, 0.1) is 69.0 Å². The van der Waals surface area contributed by atoms with Crippen molar-refractivity contribution in [3.8, 4) is 34.5 Å². The molecule has 5 aliphatic rings. The molecule has 3 saturated heterocycles. The minimum atomic E-state index is -0.423. The molecule has 10 aromatic rings. The van der Waals surface area contributed by atoms with Crippen LogP contribution in [0.25, 0.3) is 29.4 Å². The number of likely N-dealkylation sites (N-methyl/N-ethyl adjacent to an activating group) is 1. The summed E-state index contributed by atoms with van der Waals surface area (Å²) in [6.07, 6.45) is 23.9. The Kier molecular flexibility index (Phi) is 33.7. The van der Waals surface area contributed by atoms with Crippen LogP contribution in [0.5, 0.6) is 34.5 Å². The Morgan fingerprint density at radius 2 is 0.898 bits per heavy atom. The number of aryl methyl sites for hydroxylation is 2. The number of urea groups is 1. The minimum Gasteiger partial charge on any atom is -0.507 e. The molecular formula is C101H128N16O11. The number of aldehydes is 2. The number of likely N-dealkylation sites (tertiary alicyclic amines) is 3. The van der Waals surface area contributed by atoms with Crippen LogP contribution in [0.4, 0.5) is 15.3 Å². The van der Waals surface area contributed by atoms with Crippen molar-refractivity contribution in [1.29, 1.82) is 0 Å². The highest BCUT2D eigenvalue weighted by molar-refractivity contribution is 5.93. The number of carbonyl (C=O) groups is 5. The number of anilines is 1. The fourth-order valence-corrected chi connectivity index (χ4v) is 17.4. The van der Waals surface area contributed by atoms with Crippen molar-refractivity contribution in [2.75, 3.05) is 77.9 Å². The van der Waals surface area contributed by atoms with Crippen LogP contribution in [0.3, 0.4) is 0 Å². The van der Waals surface area contributed by atoms with Gasteiger partial charge in [-0.1, -0.05) is 86.5 Å². The second kappa shape index (κ2) is 45.0. The molecule has 15 rings (SSSR count). The molecular weight excluding hydrogens is 1610 g/mol. The summed E-state index contributed by atoms with van der Waals surface area (Å²) in [5.74, 6) is 2.08. The van der Waals surface area contributed by atoms with Crippen LogP contribution in [0.2, 0.25) is 0 Å². The normalized spacial score (nSPS) is 16.5. The lowest BCUT2D eigenvalue weighted by Gasteiger charge is -2.31. The molecule has 5 aliphatic heterocycles. The van der Waals surface area contributed by atoms with E-state index in [1.54, 1.807) is 79.0 Å². The minimum absolute atomic E-state index is 0.00869. The van der Waals surface area contributed by atoms with Crippen molar-refractivity contribution < 1.29 is 53.5 Å². The monoisotopic (exact) mass is 1740 g/mol. The van der Waals surface area contributed by atoms with Gasteiger partial charge in [0.2, 0.25) is 5.91 Å². The molecule has 0 aliphatic carbocycles. The molecule has 10 heterocycles. The summed E-state index contributed by atoms with van der Waals surface area (Å²) in [6, 6.07) is 38.7. The summed E-state index contributed by atoms with van der Waals surface area (Å²) in [5.41, 5.74) is 16.9. The predicted octanol–water partition coefficient (Wildman–Crippen LogP) is 19.9. The van der Waals surface area contributed by atoms with E-state index in [1.807, 2.05) is 111 Å². The van der Waals surface area contributed by atoms with Crippen LogP contribution in [0.1, 0.15) is 258 Å². The zero-order valence-corrected chi connectivity index (χ0v) is 76.8. The van der Waals surface area contributed by atoms with Crippen LogP contribution >= 0.6 is 0 Å². The molecule has 3 atom stereocenters. The molecule has 3 fully saturated rings. The molecule has 4 N–H and O–H groups in total. The number of aromatic hydroxyl groups is 3. The van der Waals surface area contributed by atoms with Gasteiger partial charge in [0, 0.05) is 125 Å². The van der Waals surface area contributed by atoms with Gasteiger partial charge >= 0.3 is 12.1 Å². The first-order valence-electron chi connectivity index (χ1n) is 44.6. The summed E-state index contributed by atoms with van der Waals surface area (Å²) in [7, 11) is 2.14. The third-order valence-electron chi connectivity index (χ3n) is 24.1. The van der Waals surface area contributed by atoms with Crippen molar-refractivity contribution in [2.24, 2.45) is 0 Å². The Labute approximate surface area is 753 Å². The first-order chi connectivity index (χ1) is 61.6. The number of amides is 4. The molecule has 5 aromatic heterocycles. The number of carbonyl (C=O) groups excluding carboxylic acids is 5.